The van der Waals surface area contributed by atoms with Gasteiger partial charge >= 0.3 is 0 Å². The average Bonchev–Trinajstić information content (AvgIpc) is 2.80. The Morgan fingerprint density at radius 2 is 1.73 bits per heavy atom. The lowest BCUT2D eigenvalue weighted by molar-refractivity contribution is 0.520. The third kappa shape index (κ3) is 3.10. The molecule has 2 nitrogen and oxygen atoms in total. The zero-order valence-electron chi connectivity index (χ0n) is 8.91. The Hall–Kier alpha value is -1.28. The normalized spacial score (nSPS) is 15.7. The minimum Gasteiger partial charge on any atom is -0.464 e. The number of furan rings is 1. The van der Waals surface area contributed by atoms with Crippen LogP contribution in [0.5, 0.6) is 0 Å². The third-order valence-electron chi connectivity index (χ3n) is 2.57. The van der Waals surface area contributed by atoms with Gasteiger partial charge in [-0.25, -0.2) is 0 Å². The van der Waals surface area contributed by atoms with Crippen molar-refractivity contribution in [3.8, 4) is 0 Å². The Kier molecular flexibility index (Phi) is 3.80. The molecule has 0 aliphatic carbocycles. The Morgan fingerprint density at radius 1 is 0.933 bits per heavy atom. The summed E-state index contributed by atoms with van der Waals surface area (Å²) in [6.07, 6.45) is 5.91. The number of nitrogens with one attached hydrogen (secondary N) is 1. The quantitative estimate of drug-likeness (QED) is 0.711. The van der Waals surface area contributed by atoms with Gasteiger partial charge in [0.2, 0.25) is 0 Å². The van der Waals surface area contributed by atoms with Gasteiger partial charge in [-0.3, -0.25) is 0 Å². The van der Waals surface area contributed by atoms with Crippen LogP contribution >= 0.6 is 0 Å². The number of hydrogen-bond donors (Lipinski definition) is 1. The molecule has 2 heterocycles. The number of para-hydroxylation sites is 1. The van der Waals surface area contributed by atoms with Crippen LogP contribution in [0.25, 0.3) is 11.0 Å². The molecule has 0 unspecified atom stereocenters. The first-order valence-corrected chi connectivity index (χ1v) is 5.60. The first kappa shape index (κ1) is 10.2. The summed E-state index contributed by atoms with van der Waals surface area (Å²) >= 11 is 0. The molecule has 0 amide bonds. The summed E-state index contributed by atoms with van der Waals surface area (Å²) in [6.45, 7) is 2.50. The fourth-order valence-electron chi connectivity index (χ4n) is 1.71. The maximum atomic E-state index is 5.12. The first-order chi connectivity index (χ1) is 7.47. The van der Waals surface area contributed by atoms with Crippen molar-refractivity contribution in [2.24, 2.45) is 0 Å². The summed E-state index contributed by atoms with van der Waals surface area (Å²) < 4.78 is 5.12. The Morgan fingerprint density at radius 3 is 2.33 bits per heavy atom. The van der Waals surface area contributed by atoms with Crippen molar-refractivity contribution in [1.82, 2.24) is 5.32 Å². The van der Waals surface area contributed by atoms with Crippen molar-refractivity contribution in [3.05, 3.63) is 36.6 Å². The van der Waals surface area contributed by atoms with Crippen molar-refractivity contribution in [3.63, 3.8) is 0 Å². The molecular formula is C13H17NO. The number of benzene rings is 1. The van der Waals surface area contributed by atoms with E-state index in [1.807, 2.05) is 30.3 Å². The number of hydrogen-bond acceptors (Lipinski definition) is 2. The van der Waals surface area contributed by atoms with Crippen molar-refractivity contribution >= 4 is 11.0 Å². The van der Waals surface area contributed by atoms with Gasteiger partial charge in [0.1, 0.15) is 5.58 Å². The molecule has 0 spiro atoms. The fraction of sp³-hybridized carbons (Fsp3) is 0.385. The largest absolute Gasteiger partial charge is 0.464 e. The molecule has 1 aliphatic rings. The van der Waals surface area contributed by atoms with Gasteiger partial charge in [-0.15, -0.1) is 0 Å². The van der Waals surface area contributed by atoms with E-state index in [1.165, 1.54) is 32.4 Å². The maximum Gasteiger partial charge on any atom is 0.133 e. The predicted molar refractivity (Wildman–Crippen MR) is 62.9 cm³/mol. The highest BCUT2D eigenvalue weighted by molar-refractivity contribution is 5.76. The maximum absolute atomic E-state index is 5.12. The second-order valence-corrected chi connectivity index (χ2v) is 3.77. The van der Waals surface area contributed by atoms with Crippen LogP contribution in [0.3, 0.4) is 0 Å². The lowest BCUT2D eigenvalue weighted by atomic mass is 10.2. The molecule has 2 aromatic rings. The smallest absolute Gasteiger partial charge is 0.133 e. The topological polar surface area (TPSA) is 25.2 Å². The van der Waals surface area contributed by atoms with Gasteiger partial charge in [-0.1, -0.05) is 24.6 Å². The first-order valence-electron chi connectivity index (χ1n) is 5.60. The molecule has 1 N–H and O–H groups in total. The molecule has 1 aromatic carbocycles. The summed E-state index contributed by atoms with van der Waals surface area (Å²) in [7, 11) is 0. The van der Waals surface area contributed by atoms with Crippen LogP contribution in [0.2, 0.25) is 0 Å². The Bertz CT molecular complexity index is 348. The van der Waals surface area contributed by atoms with Gasteiger partial charge in [0, 0.05) is 5.39 Å². The lowest BCUT2D eigenvalue weighted by Crippen LogP contribution is -2.21. The highest BCUT2D eigenvalue weighted by Crippen LogP contribution is 2.12. The molecule has 2 heteroatoms. The summed E-state index contributed by atoms with van der Waals surface area (Å²) in [5.41, 5.74) is 0.956. The SMILES string of the molecule is C1CCNCC1.c1ccc2occc2c1. The van der Waals surface area contributed by atoms with Crippen LogP contribution in [0.15, 0.2) is 41.0 Å². The molecule has 80 valence electrons. The standard InChI is InChI=1S/C8H6O.C5H11N/c1-2-4-8-7(3-1)5-6-9-8;1-2-4-6-5-3-1/h1-6H;6H,1-5H2. The molecule has 1 saturated heterocycles. The molecule has 1 fully saturated rings. The molecule has 1 aromatic heterocycles. The van der Waals surface area contributed by atoms with Crippen LogP contribution in [0, 0.1) is 0 Å². The van der Waals surface area contributed by atoms with Gasteiger partial charge in [0.15, 0.2) is 0 Å². The summed E-state index contributed by atoms with van der Waals surface area (Å²) in [5, 5.41) is 4.45. The van der Waals surface area contributed by atoms with Crippen LogP contribution in [0.4, 0.5) is 0 Å². The zero-order chi connectivity index (χ0) is 10.3. The molecule has 0 radical (unpaired) electrons. The van der Waals surface area contributed by atoms with Gasteiger partial charge in [0.25, 0.3) is 0 Å². The highest BCUT2D eigenvalue weighted by atomic mass is 16.3. The van der Waals surface area contributed by atoms with Crippen molar-refractivity contribution < 1.29 is 4.42 Å². The second-order valence-electron chi connectivity index (χ2n) is 3.77. The summed E-state index contributed by atoms with van der Waals surface area (Å²) in [5.74, 6) is 0. The van der Waals surface area contributed by atoms with E-state index in [-0.39, 0.29) is 0 Å². The minimum absolute atomic E-state index is 0.956. The molecular weight excluding hydrogens is 186 g/mol. The Balaban J connectivity index is 0.000000124. The van der Waals surface area contributed by atoms with E-state index in [9.17, 15) is 0 Å². The van der Waals surface area contributed by atoms with Gasteiger partial charge < -0.3 is 9.73 Å². The van der Waals surface area contributed by atoms with Crippen molar-refractivity contribution in [2.75, 3.05) is 13.1 Å². The monoisotopic (exact) mass is 203 g/mol. The van der Waals surface area contributed by atoms with E-state index in [0.717, 1.165) is 11.0 Å². The second kappa shape index (κ2) is 5.56. The molecule has 0 bridgehead atoms. The van der Waals surface area contributed by atoms with Crippen molar-refractivity contribution in [2.45, 2.75) is 19.3 Å². The Labute approximate surface area is 90.3 Å². The predicted octanol–water partition coefficient (Wildman–Crippen LogP) is 3.19. The fourth-order valence-corrected chi connectivity index (χ4v) is 1.71. The van der Waals surface area contributed by atoms with Gasteiger partial charge in [0.05, 0.1) is 6.26 Å². The minimum atomic E-state index is 0.956. The van der Waals surface area contributed by atoms with E-state index < -0.39 is 0 Å². The van der Waals surface area contributed by atoms with Crippen LogP contribution in [0.1, 0.15) is 19.3 Å². The van der Waals surface area contributed by atoms with Crippen molar-refractivity contribution in [1.29, 1.82) is 0 Å². The average molecular weight is 203 g/mol. The summed E-state index contributed by atoms with van der Waals surface area (Å²) in [6, 6.07) is 9.90. The number of piperidine rings is 1. The summed E-state index contributed by atoms with van der Waals surface area (Å²) in [4.78, 5) is 0. The molecule has 0 atom stereocenters. The third-order valence-corrected chi connectivity index (χ3v) is 2.57. The van der Waals surface area contributed by atoms with E-state index in [0.29, 0.717) is 0 Å². The van der Waals surface area contributed by atoms with E-state index in [2.05, 4.69) is 5.32 Å². The zero-order valence-corrected chi connectivity index (χ0v) is 8.91. The highest BCUT2D eigenvalue weighted by Gasteiger charge is 1.93. The lowest BCUT2D eigenvalue weighted by Gasteiger charge is -2.08. The number of rotatable bonds is 0. The van der Waals surface area contributed by atoms with Crippen LogP contribution in [-0.4, -0.2) is 13.1 Å². The molecule has 15 heavy (non-hydrogen) atoms. The van der Waals surface area contributed by atoms with Crippen LogP contribution < -0.4 is 5.32 Å². The molecule has 1 aliphatic heterocycles. The number of fused-ring (bicyclic) bond motifs is 1. The van der Waals surface area contributed by atoms with Gasteiger partial charge in [-0.2, -0.15) is 0 Å². The molecule has 3 rings (SSSR count). The molecule has 0 saturated carbocycles. The van der Waals surface area contributed by atoms with E-state index >= 15 is 0 Å². The van der Waals surface area contributed by atoms with Gasteiger partial charge in [-0.05, 0) is 38.1 Å². The van der Waals surface area contributed by atoms with Crippen LogP contribution in [-0.2, 0) is 0 Å². The van der Waals surface area contributed by atoms with E-state index in [1.54, 1.807) is 6.26 Å². The van der Waals surface area contributed by atoms with E-state index in [4.69, 9.17) is 4.42 Å².